The first kappa shape index (κ1) is 15.1. The van der Waals surface area contributed by atoms with Crippen molar-refractivity contribution in [1.82, 2.24) is 10.2 Å². The predicted octanol–water partition coefficient (Wildman–Crippen LogP) is 4.14. The zero-order valence-electron chi connectivity index (χ0n) is 12.9. The Balaban J connectivity index is 2.05. The lowest BCUT2D eigenvalue weighted by molar-refractivity contribution is -0.0726. The molecule has 21 heavy (non-hydrogen) atoms. The number of ether oxygens (including phenoxy) is 1. The predicted molar refractivity (Wildman–Crippen MR) is 92.5 cm³/mol. The highest BCUT2D eigenvalue weighted by atomic mass is 79.9. The van der Waals surface area contributed by atoms with E-state index in [9.17, 15) is 0 Å². The van der Waals surface area contributed by atoms with Crippen molar-refractivity contribution in [2.24, 2.45) is 5.92 Å². The molecule has 0 radical (unpaired) electrons. The summed E-state index contributed by atoms with van der Waals surface area (Å²) in [5.74, 6) is 1.54. The lowest BCUT2D eigenvalue weighted by atomic mass is 9.89. The first-order valence-corrected chi connectivity index (χ1v) is 8.57. The maximum atomic E-state index is 6.44. The van der Waals surface area contributed by atoms with Gasteiger partial charge in [-0.2, -0.15) is 0 Å². The van der Waals surface area contributed by atoms with Crippen molar-refractivity contribution in [2.45, 2.75) is 45.9 Å². The molecule has 1 aromatic rings. The summed E-state index contributed by atoms with van der Waals surface area (Å²) in [4.78, 5) is 2.20. The number of fused-ring (bicyclic) bond motifs is 4. The van der Waals surface area contributed by atoms with Crippen LogP contribution in [0, 0.1) is 12.8 Å². The molecular weight excluding hydrogens is 348 g/mol. The maximum Gasteiger partial charge on any atom is 0.184 e. The van der Waals surface area contributed by atoms with Crippen molar-refractivity contribution >= 4 is 33.3 Å². The third-order valence-electron chi connectivity index (χ3n) is 4.21. The highest BCUT2D eigenvalue weighted by molar-refractivity contribution is 9.10. The fourth-order valence-electron chi connectivity index (χ4n) is 3.28. The summed E-state index contributed by atoms with van der Waals surface area (Å²) in [7, 11) is 0. The summed E-state index contributed by atoms with van der Waals surface area (Å²) in [6.45, 7) is 9.56. The number of halogens is 1. The van der Waals surface area contributed by atoms with Gasteiger partial charge in [0.15, 0.2) is 10.8 Å². The molecule has 2 aliphatic heterocycles. The zero-order chi connectivity index (χ0) is 15.4. The minimum absolute atomic E-state index is 0.228. The molecule has 3 rings (SSSR count). The summed E-state index contributed by atoms with van der Waals surface area (Å²) in [6, 6.07) is 4.47. The van der Waals surface area contributed by atoms with Gasteiger partial charge in [-0.3, -0.25) is 0 Å². The molecule has 114 valence electrons. The Bertz CT molecular complexity index is 604. The van der Waals surface area contributed by atoms with Gasteiger partial charge in [-0.1, -0.05) is 29.8 Å². The van der Waals surface area contributed by atoms with E-state index in [0.717, 1.165) is 33.9 Å². The molecule has 5 heteroatoms. The Kier molecular flexibility index (Phi) is 3.69. The molecule has 1 fully saturated rings. The van der Waals surface area contributed by atoms with E-state index in [1.165, 1.54) is 5.56 Å². The number of thiocarbonyl (C=S) groups is 1. The van der Waals surface area contributed by atoms with Crippen molar-refractivity contribution in [3.8, 4) is 5.75 Å². The van der Waals surface area contributed by atoms with Gasteiger partial charge in [0, 0.05) is 23.0 Å². The molecule has 1 aromatic carbocycles. The molecule has 2 bridgehead atoms. The van der Waals surface area contributed by atoms with Gasteiger partial charge < -0.3 is 15.0 Å². The van der Waals surface area contributed by atoms with Crippen LogP contribution in [0.25, 0.3) is 0 Å². The van der Waals surface area contributed by atoms with Crippen molar-refractivity contribution in [1.29, 1.82) is 0 Å². The number of nitrogens with one attached hydrogen (secondary N) is 1. The van der Waals surface area contributed by atoms with Gasteiger partial charge in [-0.05, 0) is 49.7 Å². The average molecular weight is 369 g/mol. The van der Waals surface area contributed by atoms with Crippen molar-refractivity contribution in [2.75, 3.05) is 6.54 Å². The Morgan fingerprint density at radius 1 is 1.52 bits per heavy atom. The van der Waals surface area contributed by atoms with Crippen LogP contribution in [0.4, 0.5) is 0 Å². The summed E-state index contributed by atoms with van der Waals surface area (Å²) >= 11 is 9.17. The minimum Gasteiger partial charge on any atom is -0.467 e. The lowest BCUT2D eigenvalue weighted by Crippen LogP contribution is -2.65. The molecule has 0 aromatic heterocycles. The number of hydrogen-bond acceptors (Lipinski definition) is 2. The lowest BCUT2D eigenvalue weighted by Gasteiger charge is -2.53. The topological polar surface area (TPSA) is 24.5 Å². The van der Waals surface area contributed by atoms with Gasteiger partial charge in [0.05, 0.1) is 6.04 Å². The Hall–Kier alpha value is -0.810. The molecule has 0 amide bonds. The number of rotatable bonds is 2. The van der Waals surface area contributed by atoms with Crippen molar-refractivity contribution < 1.29 is 4.74 Å². The standard InChI is InChI=1S/C16H21BrN2OS/c1-9(2)8-19-15(21)18-13-7-16(19,4)20-14-10(3)5-11(17)6-12(13)14/h5-6,9,13H,7-8H2,1-4H3,(H,18,21). The normalized spacial score (nSPS) is 27.2. The van der Waals surface area contributed by atoms with Gasteiger partial charge in [0.1, 0.15) is 5.75 Å². The smallest absolute Gasteiger partial charge is 0.184 e. The quantitative estimate of drug-likeness (QED) is 0.792. The number of aryl methyl sites for hydroxylation is 1. The van der Waals surface area contributed by atoms with Crippen molar-refractivity contribution in [3.05, 3.63) is 27.7 Å². The highest BCUT2D eigenvalue weighted by Gasteiger charge is 2.47. The Labute approximate surface area is 140 Å². The fraction of sp³-hybridized carbons (Fsp3) is 0.562. The summed E-state index contributed by atoms with van der Waals surface area (Å²) < 4.78 is 7.52. The Morgan fingerprint density at radius 3 is 2.90 bits per heavy atom. The van der Waals surface area contributed by atoms with Gasteiger partial charge in [-0.25, -0.2) is 0 Å². The molecular formula is C16H21BrN2OS. The minimum atomic E-state index is -0.358. The van der Waals surface area contributed by atoms with E-state index in [0.29, 0.717) is 5.92 Å². The second-order valence-corrected chi connectivity index (χ2v) is 7.93. The van der Waals surface area contributed by atoms with Crippen LogP contribution in [0.2, 0.25) is 0 Å². The van der Waals surface area contributed by atoms with E-state index in [-0.39, 0.29) is 11.8 Å². The van der Waals surface area contributed by atoms with E-state index in [1.54, 1.807) is 0 Å². The largest absolute Gasteiger partial charge is 0.467 e. The SMILES string of the molecule is Cc1cc(Br)cc2c1OC1(C)CC2NC(=S)N1CC(C)C. The molecule has 1 N–H and O–H groups in total. The average Bonchev–Trinajstić information content (AvgIpc) is 2.36. The van der Waals surface area contributed by atoms with Gasteiger partial charge in [-0.15, -0.1) is 0 Å². The molecule has 0 saturated carbocycles. The summed E-state index contributed by atoms with van der Waals surface area (Å²) in [5, 5.41) is 4.29. The Morgan fingerprint density at radius 2 is 2.24 bits per heavy atom. The molecule has 1 saturated heterocycles. The molecule has 3 nitrogen and oxygen atoms in total. The van der Waals surface area contributed by atoms with E-state index < -0.39 is 0 Å². The van der Waals surface area contributed by atoms with Crippen LogP contribution in [-0.2, 0) is 0 Å². The molecule has 2 atom stereocenters. The number of benzene rings is 1. The number of nitrogens with zero attached hydrogens (tertiary/aromatic N) is 1. The van der Waals surface area contributed by atoms with Gasteiger partial charge in [0.2, 0.25) is 0 Å². The van der Waals surface area contributed by atoms with E-state index in [4.69, 9.17) is 17.0 Å². The summed E-state index contributed by atoms with van der Waals surface area (Å²) in [6.07, 6.45) is 0.906. The van der Waals surface area contributed by atoms with Crippen LogP contribution in [0.15, 0.2) is 16.6 Å². The van der Waals surface area contributed by atoms with E-state index >= 15 is 0 Å². The highest BCUT2D eigenvalue weighted by Crippen LogP contribution is 2.46. The molecule has 2 unspecified atom stereocenters. The molecule has 2 aliphatic rings. The molecule has 0 aliphatic carbocycles. The van der Waals surface area contributed by atoms with Crippen LogP contribution in [-0.4, -0.2) is 22.3 Å². The van der Waals surface area contributed by atoms with Gasteiger partial charge >= 0.3 is 0 Å². The van der Waals surface area contributed by atoms with E-state index in [2.05, 4.69) is 66.0 Å². The van der Waals surface area contributed by atoms with Crippen LogP contribution in [0.1, 0.15) is 44.4 Å². The first-order valence-electron chi connectivity index (χ1n) is 7.37. The zero-order valence-corrected chi connectivity index (χ0v) is 15.3. The van der Waals surface area contributed by atoms with Gasteiger partial charge in [0.25, 0.3) is 0 Å². The third kappa shape index (κ3) is 2.55. The second-order valence-electron chi connectivity index (χ2n) is 6.63. The number of hydrogen-bond donors (Lipinski definition) is 1. The molecule has 2 heterocycles. The third-order valence-corrected chi connectivity index (χ3v) is 5.01. The van der Waals surface area contributed by atoms with E-state index in [1.807, 2.05) is 0 Å². The van der Waals surface area contributed by atoms with Crippen LogP contribution in [0.3, 0.4) is 0 Å². The van der Waals surface area contributed by atoms with Crippen molar-refractivity contribution in [3.63, 3.8) is 0 Å². The fourth-order valence-corrected chi connectivity index (χ4v) is 4.28. The molecule has 0 spiro atoms. The van der Waals surface area contributed by atoms with Crippen LogP contribution >= 0.6 is 28.1 Å². The maximum absolute atomic E-state index is 6.44. The first-order chi connectivity index (χ1) is 9.80. The summed E-state index contributed by atoms with van der Waals surface area (Å²) in [5.41, 5.74) is 2.00. The van der Waals surface area contributed by atoms with Crippen LogP contribution < -0.4 is 10.1 Å². The van der Waals surface area contributed by atoms with Crippen LogP contribution in [0.5, 0.6) is 5.75 Å². The second kappa shape index (κ2) is 5.13. The monoisotopic (exact) mass is 368 g/mol.